The van der Waals surface area contributed by atoms with Crippen LogP contribution in [0, 0.1) is 0 Å². The first-order valence-electron chi connectivity index (χ1n) is 8.30. The van der Waals surface area contributed by atoms with Crippen LogP contribution in [0.3, 0.4) is 0 Å². The van der Waals surface area contributed by atoms with E-state index < -0.39 is 17.7 Å². The molecule has 0 bridgehead atoms. The van der Waals surface area contributed by atoms with Gasteiger partial charge >= 0.3 is 12.1 Å². The number of carboxylic acid groups (broad SMARTS) is 1. The van der Waals surface area contributed by atoms with Crippen molar-refractivity contribution in [1.82, 2.24) is 0 Å². The average molecular weight is 400 g/mol. The number of rotatable bonds is 5. The van der Waals surface area contributed by atoms with Crippen molar-refractivity contribution in [3.63, 3.8) is 0 Å². The maximum Gasteiger partial charge on any atom is 0.417 e. The minimum absolute atomic E-state index is 0.156. The van der Waals surface area contributed by atoms with Gasteiger partial charge in [0, 0.05) is 10.5 Å². The van der Waals surface area contributed by atoms with Gasteiger partial charge < -0.3 is 5.11 Å². The Balaban J connectivity index is 2.23. The van der Waals surface area contributed by atoms with Crippen molar-refractivity contribution in [3.8, 4) is 0 Å². The Morgan fingerprint density at radius 1 is 0.750 bits per heavy atom. The van der Waals surface area contributed by atoms with Crippen LogP contribution in [-0.4, -0.2) is 11.1 Å². The molecular weight excluding hydrogens is 385 g/mol. The fourth-order valence-electron chi connectivity index (χ4n) is 2.74. The molecule has 0 aliphatic rings. The monoisotopic (exact) mass is 400 g/mol. The quantitative estimate of drug-likeness (QED) is 0.401. The molecule has 0 radical (unpaired) electrons. The lowest BCUT2D eigenvalue weighted by Gasteiger charge is -2.16. The number of alkyl halides is 3. The van der Waals surface area contributed by atoms with Gasteiger partial charge in [0.2, 0.25) is 0 Å². The first-order chi connectivity index (χ1) is 13.4. The van der Waals surface area contributed by atoms with Gasteiger partial charge in [0.05, 0.1) is 5.56 Å². The molecule has 0 saturated carbocycles. The van der Waals surface area contributed by atoms with E-state index in [1.165, 1.54) is 18.2 Å². The van der Waals surface area contributed by atoms with Gasteiger partial charge in [-0.1, -0.05) is 84.6 Å². The molecule has 0 fully saturated rings. The Hall–Kier alpha value is -2.99. The van der Waals surface area contributed by atoms with Crippen LogP contribution < -0.4 is 0 Å². The highest BCUT2D eigenvalue weighted by molar-refractivity contribution is 8.04. The third-order valence-electron chi connectivity index (χ3n) is 3.95. The SMILES string of the molecule is O=C(O)C(Sc1ccccc1C(F)(F)F)=C(c1ccccc1)c1ccccc1. The summed E-state index contributed by atoms with van der Waals surface area (Å²) in [6.07, 6.45) is -4.58. The van der Waals surface area contributed by atoms with E-state index in [9.17, 15) is 23.1 Å². The van der Waals surface area contributed by atoms with E-state index in [1.807, 2.05) is 0 Å². The van der Waals surface area contributed by atoms with Crippen molar-refractivity contribution in [2.75, 3.05) is 0 Å². The van der Waals surface area contributed by atoms with Crippen molar-refractivity contribution >= 4 is 23.3 Å². The molecule has 0 aromatic heterocycles. The van der Waals surface area contributed by atoms with E-state index in [0.717, 1.165) is 6.07 Å². The fraction of sp³-hybridized carbons (Fsp3) is 0.0455. The molecule has 28 heavy (non-hydrogen) atoms. The normalized spacial score (nSPS) is 11.1. The number of thioether (sulfide) groups is 1. The van der Waals surface area contributed by atoms with Crippen molar-refractivity contribution in [2.45, 2.75) is 11.1 Å². The highest BCUT2D eigenvalue weighted by Gasteiger charge is 2.34. The standard InChI is InChI=1S/C22H15F3O2S/c23-22(24,25)17-13-7-8-14-18(17)28-20(21(26)27)19(15-9-3-1-4-10-15)16-11-5-2-6-12-16/h1-14H,(H,26,27). The molecule has 0 saturated heterocycles. The summed E-state index contributed by atoms with van der Waals surface area (Å²) in [6.45, 7) is 0. The van der Waals surface area contributed by atoms with Crippen LogP contribution in [-0.2, 0) is 11.0 Å². The van der Waals surface area contributed by atoms with Gasteiger partial charge in [-0.15, -0.1) is 0 Å². The van der Waals surface area contributed by atoms with E-state index in [2.05, 4.69) is 0 Å². The minimum Gasteiger partial charge on any atom is -0.477 e. The van der Waals surface area contributed by atoms with E-state index in [4.69, 9.17) is 0 Å². The first-order valence-corrected chi connectivity index (χ1v) is 9.12. The van der Waals surface area contributed by atoms with Gasteiger partial charge in [0.1, 0.15) is 4.91 Å². The molecule has 0 aliphatic heterocycles. The van der Waals surface area contributed by atoms with Crippen molar-refractivity contribution in [1.29, 1.82) is 0 Å². The zero-order valence-electron chi connectivity index (χ0n) is 14.5. The number of carboxylic acids is 1. The van der Waals surface area contributed by atoms with Crippen molar-refractivity contribution in [2.24, 2.45) is 0 Å². The second-order valence-corrected chi connectivity index (χ2v) is 6.89. The van der Waals surface area contributed by atoms with Crippen LogP contribution in [0.25, 0.3) is 5.57 Å². The topological polar surface area (TPSA) is 37.3 Å². The summed E-state index contributed by atoms with van der Waals surface area (Å²) in [4.78, 5) is 11.8. The number of aliphatic carboxylic acids is 1. The van der Waals surface area contributed by atoms with Crippen LogP contribution >= 0.6 is 11.8 Å². The number of hydrogen-bond donors (Lipinski definition) is 1. The van der Waals surface area contributed by atoms with Crippen LogP contribution in [0.5, 0.6) is 0 Å². The fourth-order valence-corrected chi connectivity index (χ4v) is 3.83. The van der Waals surface area contributed by atoms with E-state index in [-0.39, 0.29) is 9.80 Å². The highest BCUT2D eigenvalue weighted by atomic mass is 32.2. The second kappa shape index (κ2) is 8.35. The van der Waals surface area contributed by atoms with E-state index in [1.54, 1.807) is 60.7 Å². The Bertz CT molecular complexity index is 956. The summed E-state index contributed by atoms with van der Waals surface area (Å²) in [5, 5.41) is 9.86. The Kier molecular flexibility index (Phi) is 5.90. The summed E-state index contributed by atoms with van der Waals surface area (Å²) in [5.41, 5.74) is 0.737. The largest absolute Gasteiger partial charge is 0.477 e. The molecule has 0 unspecified atom stereocenters. The molecule has 2 nitrogen and oxygen atoms in total. The Labute approximate surface area is 164 Å². The Morgan fingerprint density at radius 3 is 1.68 bits per heavy atom. The molecule has 3 aromatic rings. The lowest BCUT2D eigenvalue weighted by Crippen LogP contribution is -2.08. The summed E-state index contributed by atoms with van der Waals surface area (Å²) in [6, 6.07) is 22.5. The van der Waals surface area contributed by atoms with Crippen LogP contribution in [0.4, 0.5) is 13.2 Å². The number of benzene rings is 3. The van der Waals surface area contributed by atoms with Gasteiger partial charge in [0.15, 0.2) is 0 Å². The molecule has 0 heterocycles. The molecule has 6 heteroatoms. The van der Waals surface area contributed by atoms with E-state index >= 15 is 0 Å². The summed E-state index contributed by atoms with van der Waals surface area (Å²) in [7, 11) is 0. The van der Waals surface area contributed by atoms with Gasteiger partial charge in [-0.05, 0) is 23.3 Å². The van der Waals surface area contributed by atoms with Crippen LogP contribution in [0.1, 0.15) is 16.7 Å². The van der Waals surface area contributed by atoms with Crippen LogP contribution in [0.15, 0.2) is 94.7 Å². The molecule has 0 atom stereocenters. The molecule has 0 aliphatic carbocycles. The van der Waals surface area contributed by atoms with Gasteiger partial charge in [0.25, 0.3) is 0 Å². The van der Waals surface area contributed by atoms with Gasteiger partial charge in [-0.3, -0.25) is 0 Å². The Morgan fingerprint density at radius 2 is 1.21 bits per heavy atom. The van der Waals surface area contributed by atoms with Crippen LogP contribution in [0.2, 0.25) is 0 Å². The smallest absolute Gasteiger partial charge is 0.417 e. The van der Waals surface area contributed by atoms with Crippen molar-refractivity contribution in [3.05, 3.63) is 107 Å². The number of halogens is 3. The van der Waals surface area contributed by atoms with Gasteiger partial charge in [-0.25, -0.2) is 4.79 Å². The molecule has 3 aromatic carbocycles. The zero-order chi connectivity index (χ0) is 20.1. The third-order valence-corrected chi connectivity index (χ3v) is 5.11. The predicted octanol–water partition coefficient (Wildman–Crippen LogP) is 6.34. The summed E-state index contributed by atoms with van der Waals surface area (Å²) in [5.74, 6) is -1.29. The molecule has 142 valence electrons. The molecular formula is C22H15F3O2S. The lowest BCUT2D eigenvalue weighted by molar-refractivity contribution is -0.139. The highest BCUT2D eigenvalue weighted by Crippen LogP contribution is 2.42. The molecule has 0 amide bonds. The zero-order valence-corrected chi connectivity index (χ0v) is 15.3. The number of carbonyl (C=O) groups is 1. The maximum atomic E-state index is 13.4. The first kappa shape index (κ1) is 19.8. The molecule has 3 rings (SSSR count). The average Bonchev–Trinajstić information content (AvgIpc) is 2.68. The van der Waals surface area contributed by atoms with Crippen molar-refractivity contribution < 1.29 is 23.1 Å². The summed E-state index contributed by atoms with van der Waals surface area (Å²) >= 11 is 0.608. The maximum absolute atomic E-state index is 13.4. The lowest BCUT2D eigenvalue weighted by atomic mass is 9.97. The second-order valence-electron chi connectivity index (χ2n) is 5.84. The molecule has 0 spiro atoms. The summed E-state index contributed by atoms with van der Waals surface area (Å²) < 4.78 is 40.1. The minimum atomic E-state index is -4.58. The van der Waals surface area contributed by atoms with E-state index in [0.29, 0.717) is 28.5 Å². The number of hydrogen-bond acceptors (Lipinski definition) is 2. The predicted molar refractivity (Wildman–Crippen MR) is 104 cm³/mol. The molecule has 1 N–H and O–H groups in total. The van der Waals surface area contributed by atoms with Gasteiger partial charge in [-0.2, -0.15) is 13.2 Å². The third kappa shape index (κ3) is 4.46.